The zero-order chi connectivity index (χ0) is 27.1. The van der Waals surface area contributed by atoms with Crippen LogP contribution in [-0.2, 0) is 20.4 Å². The number of carbonyl (C=O) groups is 2. The number of aromatic nitrogens is 4. The summed E-state index contributed by atoms with van der Waals surface area (Å²) in [5.74, 6) is 0.453. The highest BCUT2D eigenvalue weighted by Gasteiger charge is 2.44. The molecule has 2 aromatic heterocycles. The number of halogens is 1. The molecule has 0 spiro atoms. The molecule has 3 rings (SSSR count). The predicted molar refractivity (Wildman–Crippen MR) is 142 cm³/mol. The zero-order valence-electron chi connectivity index (χ0n) is 22.5. The average Bonchev–Trinajstić information content (AvgIpc) is 3.33. The van der Waals surface area contributed by atoms with Crippen LogP contribution in [0.2, 0.25) is 5.02 Å². The van der Waals surface area contributed by atoms with Crippen molar-refractivity contribution in [2.45, 2.75) is 78.7 Å². The normalized spacial score (nSPS) is 12.8. The number of hydrogen-bond donors (Lipinski definition) is 3. The molecule has 0 aliphatic carbocycles. The molecule has 0 aliphatic rings. The van der Waals surface area contributed by atoms with Crippen LogP contribution in [0.3, 0.4) is 0 Å². The van der Waals surface area contributed by atoms with E-state index < -0.39 is 11.0 Å². The first-order valence-corrected chi connectivity index (χ1v) is 12.4. The van der Waals surface area contributed by atoms with Gasteiger partial charge < -0.3 is 15.4 Å². The van der Waals surface area contributed by atoms with Crippen LogP contribution in [0.25, 0.3) is 5.65 Å². The third-order valence-electron chi connectivity index (χ3n) is 6.65. The van der Waals surface area contributed by atoms with E-state index in [9.17, 15) is 9.59 Å². The van der Waals surface area contributed by atoms with Gasteiger partial charge in [-0.05, 0) is 26.0 Å². The molecule has 9 nitrogen and oxygen atoms in total. The molecule has 0 saturated carbocycles. The highest BCUT2D eigenvalue weighted by atomic mass is 35.5. The van der Waals surface area contributed by atoms with Crippen molar-refractivity contribution in [2.75, 3.05) is 11.9 Å². The van der Waals surface area contributed by atoms with Crippen LogP contribution < -0.4 is 15.4 Å². The molecule has 0 bridgehead atoms. The summed E-state index contributed by atoms with van der Waals surface area (Å²) < 4.78 is 7.56. The molecular weight excluding hydrogens is 480 g/mol. The lowest BCUT2D eigenvalue weighted by molar-refractivity contribution is -0.125. The van der Waals surface area contributed by atoms with E-state index in [1.807, 2.05) is 41.5 Å². The van der Waals surface area contributed by atoms with Crippen LogP contribution in [0.5, 0.6) is 5.75 Å². The highest BCUT2D eigenvalue weighted by molar-refractivity contribution is 6.34. The van der Waals surface area contributed by atoms with Gasteiger partial charge in [0.2, 0.25) is 5.91 Å². The second-order valence-corrected chi connectivity index (χ2v) is 11.8. The van der Waals surface area contributed by atoms with Crippen LogP contribution >= 0.6 is 11.6 Å². The average molecular weight is 517 g/mol. The van der Waals surface area contributed by atoms with Crippen molar-refractivity contribution < 1.29 is 14.3 Å². The molecule has 3 aromatic rings. The van der Waals surface area contributed by atoms with E-state index in [2.05, 4.69) is 46.7 Å². The van der Waals surface area contributed by atoms with E-state index in [4.69, 9.17) is 16.3 Å². The number of ether oxygens (including phenoxy) is 1. The second kappa shape index (κ2) is 9.76. The first-order chi connectivity index (χ1) is 16.6. The molecule has 0 unspecified atom stereocenters. The quantitative estimate of drug-likeness (QED) is 0.396. The van der Waals surface area contributed by atoms with Gasteiger partial charge in [-0.3, -0.25) is 14.7 Å². The number of para-hydroxylation sites is 2. The number of carbonyl (C=O) groups excluding carboxylic acids is 2. The number of anilines is 1. The van der Waals surface area contributed by atoms with Crippen LogP contribution in [0.1, 0.15) is 73.8 Å². The number of aromatic amines is 1. The summed E-state index contributed by atoms with van der Waals surface area (Å²) in [5.41, 5.74) is 0.355. The van der Waals surface area contributed by atoms with Gasteiger partial charge in [0.25, 0.3) is 5.91 Å². The monoisotopic (exact) mass is 516 g/mol. The fourth-order valence-corrected chi connectivity index (χ4v) is 4.09. The number of fused-ring (bicyclic) bond motifs is 1. The summed E-state index contributed by atoms with van der Waals surface area (Å²) in [6.07, 6.45) is 0. The van der Waals surface area contributed by atoms with Crippen LogP contribution in [0, 0.1) is 5.92 Å². The maximum Gasteiger partial charge on any atom is 0.258 e. The molecule has 2 amide bonds. The van der Waals surface area contributed by atoms with Crippen molar-refractivity contribution in [3.63, 3.8) is 0 Å². The van der Waals surface area contributed by atoms with E-state index in [1.54, 1.807) is 28.8 Å². The number of hydrogen-bond acceptors (Lipinski definition) is 5. The van der Waals surface area contributed by atoms with Gasteiger partial charge in [-0.2, -0.15) is 0 Å². The molecule has 0 saturated heterocycles. The van der Waals surface area contributed by atoms with Gasteiger partial charge in [-0.25, -0.2) is 4.52 Å². The molecule has 3 N–H and O–H groups in total. The number of nitrogens with one attached hydrogen (secondary N) is 3. The van der Waals surface area contributed by atoms with E-state index >= 15 is 0 Å². The van der Waals surface area contributed by atoms with Gasteiger partial charge in [0, 0.05) is 22.3 Å². The SMILES string of the molecule is CC(C)C(=O)Nc1ccccc1OCC(=O)NC(C)(C)C(C)(C)c1nnc2c(Cl)c(C(C)(C)C)[nH]n12. The van der Waals surface area contributed by atoms with E-state index in [1.165, 1.54) is 0 Å². The predicted octanol–water partition coefficient (Wildman–Crippen LogP) is 4.85. The molecule has 0 fully saturated rings. The Morgan fingerprint density at radius 1 is 1.08 bits per heavy atom. The van der Waals surface area contributed by atoms with Gasteiger partial charge in [0.1, 0.15) is 10.8 Å². The summed E-state index contributed by atoms with van der Waals surface area (Å²) in [7, 11) is 0. The number of amides is 2. The van der Waals surface area contributed by atoms with E-state index in [0.29, 0.717) is 27.9 Å². The Bertz CT molecular complexity index is 1270. The van der Waals surface area contributed by atoms with Gasteiger partial charge in [-0.15, -0.1) is 10.2 Å². The van der Waals surface area contributed by atoms with Crippen molar-refractivity contribution in [3.8, 4) is 5.75 Å². The minimum Gasteiger partial charge on any atom is -0.482 e. The van der Waals surface area contributed by atoms with E-state index in [-0.39, 0.29) is 29.8 Å². The van der Waals surface area contributed by atoms with Crippen molar-refractivity contribution >= 4 is 34.7 Å². The fraction of sp³-hybridized carbons (Fsp3) is 0.538. The smallest absolute Gasteiger partial charge is 0.258 e. The lowest BCUT2D eigenvalue weighted by Crippen LogP contribution is -2.57. The Hall–Kier alpha value is -3.07. The molecule has 0 atom stereocenters. The topological polar surface area (TPSA) is 113 Å². The van der Waals surface area contributed by atoms with Crippen LogP contribution in [-0.4, -0.2) is 43.8 Å². The van der Waals surface area contributed by atoms with Crippen molar-refractivity contribution in [1.29, 1.82) is 0 Å². The first kappa shape index (κ1) is 27.5. The first-order valence-electron chi connectivity index (χ1n) is 12.0. The molecular formula is C26H37ClN6O3. The summed E-state index contributed by atoms with van der Waals surface area (Å²) in [5, 5.41) is 18.5. The number of nitrogens with zero attached hydrogens (tertiary/aromatic N) is 3. The molecule has 1 aromatic carbocycles. The number of H-pyrrole nitrogens is 1. The van der Waals surface area contributed by atoms with Crippen LogP contribution in [0.15, 0.2) is 24.3 Å². The zero-order valence-corrected chi connectivity index (χ0v) is 23.3. The van der Waals surface area contributed by atoms with E-state index in [0.717, 1.165) is 5.69 Å². The van der Waals surface area contributed by atoms with Gasteiger partial charge >= 0.3 is 0 Å². The molecule has 196 valence electrons. The van der Waals surface area contributed by atoms with Crippen molar-refractivity contribution in [2.24, 2.45) is 5.92 Å². The summed E-state index contributed by atoms with van der Waals surface area (Å²) in [6.45, 7) is 17.5. The number of benzene rings is 1. The lowest BCUT2D eigenvalue weighted by Gasteiger charge is -2.40. The highest BCUT2D eigenvalue weighted by Crippen LogP contribution is 2.37. The summed E-state index contributed by atoms with van der Waals surface area (Å²) >= 11 is 6.60. The molecule has 0 aliphatic heterocycles. The largest absolute Gasteiger partial charge is 0.482 e. The van der Waals surface area contributed by atoms with Gasteiger partial charge in [0.15, 0.2) is 18.1 Å². The maximum absolute atomic E-state index is 12.9. The molecule has 36 heavy (non-hydrogen) atoms. The Morgan fingerprint density at radius 3 is 2.33 bits per heavy atom. The Balaban J connectivity index is 1.77. The fourth-order valence-electron chi connectivity index (χ4n) is 3.64. The molecule has 2 heterocycles. The van der Waals surface area contributed by atoms with Gasteiger partial charge in [0.05, 0.1) is 11.4 Å². The summed E-state index contributed by atoms with van der Waals surface area (Å²) in [6, 6.07) is 7.04. The Labute approximate surface area is 217 Å². The minimum absolute atomic E-state index is 0.128. The Kier molecular flexibility index (Phi) is 7.46. The maximum atomic E-state index is 12.9. The van der Waals surface area contributed by atoms with Crippen molar-refractivity contribution in [1.82, 2.24) is 25.1 Å². The molecule has 0 radical (unpaired) electrons. The third-order valence-corrected chi connectivity index (χ3v) is 7.01. The van der Waals surface area contributed by atoms with Crippen LogP contribution in [0.4, 0.5) is 5.69 Å². The second-order valence-electron chi connectivity index (χ2n) is 11.5. The lowest BCUT2D eigenvalue weighted by atomic mass is 9.73. The van der Waals surface area contributed by atoms with Gasteiger partial charge in [-0.1, -0.05) is 72.2 Å². The standard InChI is InChI=1S/C26H37ClN6O3/c1-15(2)22(35)28-16-12-10-11-13-17(16)36-14-18(34)29-26(8,9)25(6,7)23-31-30-21-19(27)20(24(3,4)5)32-33(21)23/h10-13,15,32H,14H2,1-9H3,(H,28,35)(H,29,34). The Morgan fingerprint density at radius 2 is 1.72 bits per heavy atom. The number of rotatable bonds is 8. The summed E-state index contributed by atoms with van der Waals surface area (Å²) in [4.78, 5) is 25.1. The molecule has 10 heteroatoms. The minimum atomic E-state index is -0.735. The van der Waals surface area contributed by atoms with Crippen molar-refractivity contribution in [3.05, 3.63) is 40.8 Å². The third kappa shape index (κ3) is 5.36.